The molecule has 4 rings (SSSR count). The summed E-state index contributed by atoms with van der Waals surface area (Å²) in [7, 11) is 0. The Morgan fingerprint density at radius 2 is 1.52 bits per heavy atom. The van der Waals surface area contributed by atoms with Gasteiger partial charge in [0.25, 0.3) is 5.56 Å². The summed E-state index contributed by atoms with van der Waals surface area (Å²) in [4.78, 5) is 42.4. The number of aromatic nitrogens is 2. The molecule has 1 aromatic heterocycles. The number of fused-ring (bicyclic) bond motifs is 1. The van der Waals surface area contributed by atoms with Crippen LogP contribution in [0.3, 0.4) is 0 Å². The number of piperazine rings is 1. The topological polar surface area (TPSA) is 67.6 Å². The number of benzene rings is 2. The van der Waals surface area contributed by atoms with Crippen molar-refractivity contribution in [1.82, 2.24) is 14.0 Å². The molecule has 150 valence electrons. The van der Waals surface area contributed by atoms with Crippen LogP contribution in [0.25, 0.3) is 10.9 Å². The Bertz CT molecular complexity index is 1140. The van der Waals surface area contributed by atoms with Gasteiger partial charge in [0.1, 0.15) is 6.54 Å². The van der Waals surface area contributed by atoms with Gasteiger partial charge in [-0.1, -0.05) is 30.3 Å². The zero-order valence-electron chi connectivity index (χ0n) is 16.5. The normalized spacial score (nSPS) is 14.4. The molecule has 0 aliphatic carbocycles. The van der Waals surface area contributed by atoms with Crippen LogP contribution in [-0.2, 0) is 17.9 Å². The van der Waals surface area contributed by atoms with Gasteiger partial charge in [0.2, 0.25) is 5.91 Å². The van der Waals surface area contributed by atoms with Gasteiger partial charge in [-0.2, -0.15) is 0 Å². The summed E-state index contributed by atoms with van der Waals surface area (Å²) < 4.78 is 2.61. The third-order valence-corrected chi connectivity index (χ3v) is 5.50. The highest BCUT2D eigenvalue weighted by atomic mass is 16.2. The standard InChI is InChI=1S/C22H24N4O3/c1-2-25-21(28)18-10-6-7-11-19(18)26(22(25)29)16-20(27)24-14-12-23(13-15-24)17-8-4-3-5-9-17/h3-11H,2,12-16H2,1H3. The molecule has 29 heavy (non-hydrogen) atoms. The van der Waals surface area contributed by atoms with Crippen molar-refractivity contribution >= 4 is 22.5 Å². The van der Waals surface area contributed by atoms with E-state index in [1.54, 1.807) is 36.1 Å². The number of carbonyl (C=O) groups is 1. The first-order valence-electron chi connectivity index (χ1n) is 9.90. The molecule has 7 heteroatoms. The van der Waals surface area contributed by atoms with Crippen LogP contribution in [0, 0.1) is 0 Å². The quantitative estimate of drug-likeness (QED) is 0.675. The maximum atomic E-state index is 13.0. The number of hydrogen-bond donors (Lipinski definition) is 0. The molecule has 0 bridgehead atoms. The molecule has 3 aromatic rings. The van der Waals surface area contributed by atoms with Crippen LogP contribution in [0.5, 0.6) is 0 Å². The van der Waals surface area contributed by atoms with Crippen LogP contribution >= 0.6 is 0 Å². The summed E-state index contributed by atoms with van der Waals surface area (Å²) >= 11 is 0. The Morgan fingerprint density at radius 1 is 0.862 bits per heavy atom. The molecule has 0 unspecified atom stereocenters. The van der Waals surface area contributed by atoms with Gasteiger partial charge in [0.15, 0.2) is 0 Å². The minimum atomic E-state index is -0.438. The van der Waals surface area contributed by atoms with Crippen LogP contribution in [-0.4, -0.2) is 46.1 Å². The van der Waals surface area contributed by atoms with E-state index in [-0.39, 0.29) is 24.6 Å². The smallest absolute Gasteiger partial charge is 0.331 e. The lowest BCUT2D eigenvalue weighted by Gasteiger charge is -2.36. The van der Waals surface area contributed by atoms with Crippen molar-refractivity contribution in [3.05, 3.63) is 75.4 Å². The number of anilines is 1. The SMILES string of the molecule is CCn1c(=O)c2ccccc2n(CC(=O)N2CCN(c3ccccc3)CC2)c1=O. The van der Waals surface area contributed by atoms with E-state index in [0.717, 1.165) is 18.8 Å². The van der Waals surface area contributed by atoms with Crippen LogP contribution in [0.1, 0.15) is 6.92 Å². The van der Waals surface area contributed by atoms with Gasteiger partial charge in [-0.25, -0.2) is 4.79 Å². The maximum Gasteiger partial charge on any atom is 0.331 e. The largest absolute Gasteiger partial charge is 0.368 e. The highest BCUT2D eigenvalue weighted by Gasteiger charge is 2.23. The predicted octanol–water partition coefficient (Wildman–Crippen LogP) is 1.53. The Kier molecular flexibility index (Phi) is 5.20. The molecule has 1 aliphatic rings. The fourth-order valence-electron chi connectivity index (χ4n) is 3.89. The van der Waals surface area contributed by atoms with Gasteiger partial charge in [-0.3, -0.25) is 18.7 Å². The van der Waals surface area contributed by atoms with E-state index in [1.807, 2.05) is 18.2 Å². The molecule has 1 fully saturated rings. The van der Waals surface area contributed by atoms with E-state index in [9.17, 15) is 14.4 Å². The molecule has 1 aliphatic heterocycles. The molecular weight excluding hydrogens is 368 g/mol. The zero-order valence-corrected chi connectivity index (χ0v) is 16.5. The van der Waals surface area contributed by atoms with E-state index < -0.39 is 5.69 Å². The molecule has 2 aromatic carbocycles. The second kappa shape index (κ2) is 7.95. The number of hydrogen-bond acceptors (Lipinski definition) is 4. The highest BCUT2D eigenvalue weighted by molar-refractivity contribution is 5.81. The van der Waals surface area contributed by atoms with E-state index in [1.165, 1.54) is 9.13 Å². The predicted molar refractivity (Wildman–Crippen MR) is 113 cm³/mol. The van der Waals surface area contributed by atoms with Crippen LogP contribution in [0.4, 0.5) is 5.69 Å². The van der Waals surface area contributed by atoms with Crippen LogP contribution in [0.2, 0.25) is 0 Å². The monoisotopic (exact) mass is 392 g/mol. The molecule has 0 N–H and O–H groups in total. The van der Waals surface area contributed by atoms with Gasteiger partial charge in [0.05, 0.1) is 10.9 Å². The second-order valence-corrected chi connectivity index (χ2v) is 7.14. The van der Waals surface area contributed by atoms with Gasteiger partial charge in [-0.05, 0) is 31.2 Å². The van der Waals surface area contributed by atoms with E-state index in [4.69, 9.17) is 0 Å². The highest BCUT2D eigenvalue weighted by Crippen LogP contribution is 2.16. The average molecular weight is 392 g/mol. The van der Waals surface area contributed by atoms with Gasteiger partial charge in [-0.15, -0.1) is 0 Å². The molecular formula is C22H24N4O3. The zero-order chi connectivity index (χ0) is 20.4. The molecule has 0 spiro atoms. The number of amides is 1. The Balaban J connectivity index is 1.56. The summed E-state index contributed by atoms with van der Waals surface area (Å²) in [5.74, 6) is -0.105. The van der Waals surface area contributed by atoms with E-state index in [0.29, 0.717) is 24.0 Å². The van der Waals surface area contributed by atoms with Crippen molar-refractivity contribution < 1.29 is 4.79 Å². The fourth-order valence-corrected chi connectivity index (χ4v) is 3.89. The molecule has 0 radical (unpaired) electrons. The van der Waals surface area contributed by atoms with Crippen molar-refractivity contribution in [3.8, 4) is 0 Å². The Morgan fingerprint density at radius 3 is 2.21 bits per heavy atom. The maximum absolute atomic E-state index is 13.0. The van der Waals surface area contributed by atoms with Crippen LogP contribution < -0.4 is 16.1 Å². The lowest BCUT2D eigenvalue weighted by Crippen LogP contribution is -2.50. The number of carbonyl (C=O) groups excluding carboxylic acids is 1. The third-order valence-electron chi connectivity index (χ3n) is 5.50. The first kappa shape index (κ1) is 19.0. The summed E-state index contributed by atoms with van der Waals surface area (Å²) in [5.41, 5.74) is 0.904. The van der Waals surface area contributed by atoms with E-state index >= 15 is 0 Å². The molecule has 7 nitrogen and oxygen atoms in total. The number of para-hydroxylation sites is 2. The third kappa shape index (κ3) is 3.55. The first-order chi connectivity index (χ1) is 14.1. The molecule has 0 saturated carbocycles. The van der Waals surface area contributed by atoms with E-state index in [2.05, 4.69) is 17.0 Å². The summed E-state index contributed by atoms with van der Waals surface area (Å²) in [6.07, 6.45) is 0. The minimum Gasteiger partial charge on any atom is -0.368 e. The van der Waals surface area contributed by atoms with Gasteiger partial charge < -0.3 is 9.80 Å². The van der Waals surface area contributed by atoms with Crippen molar-refractivity contribution in [1.29, 1.82) is 0 Å². The number of rotatable bonds is 4. The van der Waals surface area contributed by atoms with Gasteiger partial charge in [0, 0.05) is 38.4 Å². The van der Waals surface area contributed by atoms with Crippen LogP contribution in [0.15, 0.2) is 64.2 Å². The number of nitrogens with zero attached hydrogens (tertiary/aromatic N) is 4. The fraction of sp³-hybridized carbons (Fsp3) is 0.318. The minimum absolute atomic E-state index is 0.0645. The van der Waals surface area contributed by atoms with Crippen molar-refractivity contribution in [2.45, 2.75) is 20.0 Å². The first-order valence-corrected chi connectivity index (χ1v) is 9.90. The lowest BCUT2D eigenvalue weighted by atomic mass is 10.2. The van der Waals surface area contributed by atoms with Crippen molar-refractivity contribution in [2.24, 2.45) is 0 Å². The summed E-state index contributed by atoms with van der Waals surface area (Å²) in [6.45, 7) is 4.67. The summed E-state index contributed by atoms with van der Waals surface area (Å²) in [6, 6.07) is 17.1. The average Bonchev–Trinajstić information content (AvgIpc) is 2.77. The Hall–Kier alpha value is -3.35. The van der Waals surface area contributed by atoms with Crippen molar-refractivity contribution in [3.63, 3.8) is 0 Å². The molecule has 1 saturated heterocycles. The Labute approximate surface area is 168 Å². The second-order valence-electron chi connectivity index (χ2n) is 7.14. The molecule has 2 heterocycles. The van der Waals surface area contributed by atoms with Crippen molar-refractivity contribution in [2.75, 3.05) is 31.1 Å². The molecule has 1 amide bonds. The van der Waals surface area contributed by atoms with Gasteiger partial charge >= 0.3 is 5.69 Å². The molecule has 0 atom stereocenters. The summed E-state index contributed by atoms with van der Waals surface area (Å²) in [5, 5.41) is 0.454. The lowest BCUT2D eigenvalue weighted by molar-refractivity contribution is -0.132.